The Hall–Kier alpha value is -3.76. The van der Waals surface area contributed by atoms with Crippen molar-refractivity contribution in [3.63, 3.8) is 0 Å². The van der Waals surface area contributed by atoms with Gasteiger partial charge in [0.05, 0.1) is 11.1 Å². The number of hydrogen-bond donors (Lipinski definition) is 3. The molecule has 0 fully saturated rings. The summed E-state index contributed by atoms with van der Waals surface area (Å²) in [6, 6.07) is 30.8. The number of quaternary nitrogens is 1. The maximum absolute atomic E-state index is 6.16. The summed E-state index contributed by atoms with van der Waals surface area (Å²) >= 11 is 0. The van der Waals surface area contributed by atoms with Gasteiger partial charge in [0.1, 0.15) is 11.4 Å². The van der Waals surface area contributed by atoms with Crippen molar-refractivity contribution in [2.45, 2.75) is 0 Å². The second kappa shape index (κ2) is 5.87. The molecule has 0 saturated carbocycles. The van der Waals surface area contributed by atoms with E-state index in [1.807, 2.05) is 42.5 Å². The van der Waals surface area contributed by atoms with Crippen LogP contribution in [0.25, 0.3) is 11.1 Å². The highest BCUT2D eigenvalue weighted by Crippen LogP contribution is 2.62. The van der Waals surface area contributed by atoms with Gasteiger partial charge in [-0.25, -0.2) is 0 Å². The van der Waals surface area contributed by atoms with Crippen LogP contribution in [-0.4, -0.2) is 0 Å². The predicted octanol–water partition coefficient (Wildman–Crippen LogP) is 5.72. The van der Waals surface area contributed by atoms with Gasteiger partial charge in [0.15, 0.2) is 11.4 Å². The molecule has 0 atom stereocenters. The lowest BCUT2D eigenvalue weighted by Gasteiger charge is -2.34. The van der Waals surface area contributed by atoms with Gasteiger partial charge >= 0.3 is 0 Å². The normalized spacial score (nSPS) is 13.7. The van der Waals surface area contributed by atoms with Gasteiger partial charge in [0, 0.05) is 53.5 Å². The lowest BCUT2D eigenvalue weighted by atomic mass is 10.0. The Balaban J connectivity index is 1.97. The third-order valence-electron chi connectivity index (χ3n) is 5.48. The van der Waals surface area contributed by atoms with Crippen LogP contribution in [0.5, 0.6) is 0 Å². The van der Waals surface area contributed by atoms with E-state index in [9.17, 15) is 0 Å². The van der Waals surface area contributed by atoms with Crippen LogP contribution >= 0.6 is 0 Å². The van der Waals surface area contributed by atoms with Gasteiger partial charge in [-0.1, -0.05) is 18.2 Å². The zero-order chi connectivity index (χ0) is 19.3. The second-order valence-corrected chi connectivity index (χ2v) is 7.15. The molecule has 5 rings (SSSR count). The largest absolute Gasteiger partial charge is 0.399 e. The van der Waals surface area contributed by atoms with Crippen molar-refractivity contribution >= 4 is 39.8 Å². The van der Waals surface area contributed by atoms with Crippen molar-refractivity contribution in [2.24, 2.45) is 0 Å². The Labute approximate surface area is 164 Å². The van der Waals surface area contributed by atoms with Crippen molar-refractivity contribution in [3.05, 3.63) is 91.0 Å². The molecule has 4 aromatic carbocycles. The van der Waals surface area contributed by atoms with E-state index < -0.39 is 0 Å². The van der Waals surface area contributed by atoms with E-state index in [4.69, 9.17) is 17.2 Å². The molecule has 4 nitrogen and oxygen atoms in total. The Bertz CT molecular complexity index is 1130. The molecule has 136 valence electrons. The van der Waals surface area contributed by atoms with Gasteiger partial charge in [-0.3, -0.25) is 0 Å². The molecule has 0 spiro atoms. The van der Waals surface area contributed by atoms with Crippen molar-refractivity contribution in [2.75, 3.05) is 17.2 Å². The molecule has 1 aliphatic heterocycles. The van der Waals surface area contributed by atoms with E-state index in [0.29, 0.717) is 4.48 Å². The Kier molecular flexibility index (Phi) is 3.44. The zero-order valence-corrected chi connectivity index (χ0v) is 15.3. The quantitative estimate of drug-likeness (QED) is 0.277. The summed E-state index contributed by atoms with van der Waals surface area (Å²) in [7, 11) is 0. The molecular weight excluding hydrogens is 344 g/mol. The summed E-state index contributed by atoms with van der Waals surface area (Å²) in [4.78, 5) is 0. The smallest absolute Gasteiger partial charge is 0.156 e. The summed E-state index contributed by atoms with van der Waals surface area (Å²) in [6.45, 7) is 0. The SMILES string of the molecule is Nc1ccc([N+]2(c3ccccc3)c3ccc(N)cc3-c3cc(N)ccc32)cc1. The second-order valence-electron chi connectivity index (χ2n) is 7.15. The molecule has 28 heavy (non-hydrogen) atoms. The minimum Gasteiger partial charge on any atom is -0.399 e. The third-order valence-corrected chi connectivity index (χ3v) is 5.48. The first kappa shape index (κ1) is 16.4. The average Bonchev–Trinajstić information content (AvgIpc) is 2.99. The molecule has 0 aromatic heterocycles. The molecular formula is C24H21N4+. The summed E-state index contributed by atoms with van der Waals surface area (Å²) in [5.41, 5.74) is 27.3. The molecule has 0 radical (unpaired) electrons. The van der Waals surface area contributed by atoms with Crippen LogP contribution in [0.15, 0.2) is 91.0 Å². The van der Waals surface area contributed by atoms with Crippen LogP contribution in [0.1, 0.15) is 0 Å². The summed E-state index contributed by atoms with van der Waals surface area (Å²) in [6.07, 6.45) is 0. The first-order valence-corrected chi connectivity index (χ1v) is 9.22. The number of nitrogens with zero attached hydrogens (tertiary/aromatic N) is 1. The fourth-order valence-corrected chi connectivity index (χ4v) is 4.31. The molecule has 0 saturated heterocycles. The number of benzene rings is 4. The topological polar surface area (TPSA) is 78.1 Å². The van der Waals surface area contributed by atoms with Gasteiger partial charge in [-0.2, -0.15) is 4.48 Å². The molecule has 6 N–H and O–H groups in total. The average molecular weight is 365 g/mol. The monoisotopic (exact) mass is 365 g/mol. The summed E-state index contributed by atoms with van der Waals surface area (Å²) in [5.74, 6) is 0. The fraction of sp³-hybridized carbons (Fsp3) is 0. The maximum Gasteiger partial charge on any atom is 0.156 e. The van der Waals surface area contributed by atoms with Crippen LogP contribution in [0.2, 0.25) is 0 Å². The summed E-state index contributed by atoms with van der Waals surface area (Å²) in [5, 5.41) is 0. The summed E-state index contributed by atoms with van der Waals surface area (Å²) < 4.78 is 0.465. The van der Waals surface area contributed by atoms with Crippen LogP contribution in [-0.2, 0) is 0 Å². The van der Waals surface area contributed by atoms with Crippen LogP contribution < -0.4 is 21.7 Å². The first-order chi connectivity index (χ1) is 13.6. The van der Waals surface area contributed by atoms with Gasteiger partial charge < -0.3 is 17.2 Å². The van der Waals surface area contributed by atoms with E-state index in [2.05, 4.69) is 48.5 Å². The number of rotatable bonds is 2. The van der Waals surface area contributed by atoms with Gasteiger partial charge in [0.25, 0.3) is 0 Å². The number of anilines is 3. The number of nitrogens with two attached hydrogens (primary N) is 3. The molecule has 4 heteroatoms. The first-order valence-electron chi connectivity index (χ1n) is 9.22. The van der Waals surface area contributed by atoms with E-state index >= 15 is 0 Å². The van der Waals surface area contributed by atoms with Crippen molar-refractivity contribution in [3.8, 4) is 11.1 Å². The molecule has 1 aliphatic rings. The Morgan fingerprint density at radius 2 is 0.929 bits per heavy atom. The Morgan fingerprint density at radius 1 is 0.464 bits per heavy atom. The predicted molar refractivity (Wildman–Crippen MR) is 119 cm³/mol. The molecule has 1 heterocycles. The molecule has 0 bridgehead atoms. The van der Waals surface area contributed by atoms with Crippen LogP contribution in [0.4, 0.5) is 39.8 Å². The molecule has 0 aliphatic carbocycles. The van der Waals surface area contributed by atoms with E-state index in [0.717, 1.165) is 50.9 Å². The molecule has 0 amide bonds. The van der Waals surface area contributed by atoms with Crippen LogP contribution in [0, 0.1) is 0 Å². The number of nitrogen functional groups attached to an aromatic ring is 3. The van der Waals surface area contributed by atoms with E-state index in [-0.39, 0.29) is 0 Å². The number of para-hydroxylation sites is 1. The van der Waals surface area contributed by atoms with Gasteiger partial charge in [-0.05, 0) is 36.4 Å². The Morgan fingerprint density at radius 3 is 1.46 bits per heavy atom. The zero-order valence-electron chi connectivity index (χ0n) is 15.3. The van der Waals surface area contributed by atoms with Crippen molar-refractivity contribution < 1.29 is 0 Å². The van der Waals surface area contributed by atoms with E-state index in [1.165, 1.54) is 0 Å². The van der Waals surface area contributed by atoms with Crippen LogP contribution in [0.3, 0.4) is 0 Å². The molecule has 4 aromatic rings. The number of fused-ring (bicyclic) bond motifs is 3. The van der Waals surface area contributed by atoms with Crippen molar-refractivity contribution in [1.82, 2.24) is 4.48 Å². The molecule has 0 unspecified atom stereocenters. The fourth-order valence-electron chi connectivity index (χ4n) is 4.31. The third kappa shape index (κ3) is 2.15. The van der Waals surface area contributed by atoms with Gasteiger partial charge in [-0.15, -0.1) is 0 Å². The maximum atomic E-state index is 6.16. The lowest BCUT2D eigenvalue weighted by Crippen LogP contribution is -2.31. The van der Waals surface area contributed by atoms with Gasteiger partial charge in [0.2, 0.25) is 0 Å². The van der Waals surface area contributed by atoms with Crippen molar-refractivity contribution in [1.29, 1.82) is 0 Å². The highest BCUT2D eigenvalue weighted by atomic mass is 15.4. The number of hydrogen-bond acceptors (Lipinski definition) is 3. The lowest BCUT2D eigenvalue weighted by molar-refractivity contribution is 0.721. The highest BCUT2D eigenvalue weighted by molar-refractivity contribution is 6.04. The minimum atomic E-state index is 0.465. The standard InChI is InChI=1S/C24H21N4/c25-16-6-10-20(11-7-16)28(19-4-2-1-3-5-19)23-12-8-17(26)14-21(23)22-15-18(27)9-13-24(22)28/h1-15H,25-27H2/q+1. The highest BCUT2D eigenvalue weighted by Gasteiger charge is 2.48. The minimum absolute atomic E-state index is 0.465. The van der Waals surface area contributed by atoms with E-state index in [1.54, 1.807) is 0 Å².